The highest BCUT2D eigenvalue weighted by Gasteiger charge is 2.52. The number of rotatable bonds is 7. The highest BCUT2D eigenvalue weighted by molar-refractivity contribution is 6.74. The van der Waals surface area contributed by atoms with Gasteiger partial charge in [-0.25, -0.2) is 4.99 Å². The van der Waals surface area contributed by atoms with E-state index >= 15 is 0 Å². The van der Waals surface area contributed by atoms with Crippen molar-refractivity contribution in [3.63, 3.8) is 0 Å². The van der Waals surface area contributed by atoms with Gasteiger partial charge in [0.2, 0.25) is 6.29 Å². The zero-order chi connectivity index (χ0) is 22.1. The minimum absolute atomic E-state index is 0.106. The first-order chi connectivity index (χ1) is 14.1. The van der Waals surface area contributed by atoms with Crippen molar-refractivity contribution in [1.82, 2.24) is 0 Å². The van der Waals surface area contributed by atoms with E-state index < -0.39 is 14.6 Å². The number of hydrogen-bond acceptors (Lipinski definition) is 7. The van der Waals surface area contributed by atoms with Crippen molar-refractivity contribution in [1.29, 1.82) is 0 Å². The van der Waals surface area contributed by atoms with Gasteiger partial charge >= 0.3 is 0 Å². The molecule has 8 heteroatoms. The lowest BCUT2D eigenvalue weighted by Crippen LogP contribution is -2.60. The van der Waals surface area contributed by atoms with Crippen molar-refractivity contribution in [3.05, 3.63) is 24.3 Å². The molecule has 2 aliphatic rings. The molecular formula is C22H35NO6Si. The van der Waals surface area contributed by atoms with Crippen LogP contribution in [0.3, 0.4) is 0 Å². The summed E-state index contributed by atoms with van der Waals surface area (Å²) in [7, 11) is 1.36. The third-order valence-corrected chi connectivity index (χ3v) is 10.8. The van der Waals surface area contributed by atoms with Crippen LogP contribution in [0.2, 0.25) is 18.1 Å². The molecule has 0 N–H and O–H groups in total. The van der Waals surface area contributed by atoms with Crippen LogP contribution >= 0.6 is 0 Å². The number of benzene rings is 1. The number of nitrogens with zero attached hydrogens (tertiary/aromatic N) is 1. The smallest absolute Gasteiger partial charge is 0.226 e. The van der Waals surface area contributed by atoms with Crippen LogP contribution < -0.4 is 9.47 Å². The monoisotopic (exact) mass is 437 g/mol. The highest BCUT2D eigenvalue weighted by Crippen LogP contribution is 2.38. The Morgan fingerprint density at radius 2 is 1.70 bits per heavy atom. The maximum atomic E-state index is 6.44. The quantitative estimate of drug-likeness (QED) is 0.600. The fraction of sp³-hybridized carbons (Fsp3) is 0.682. The van der Waals surface area contributed by atoms with Crippen molar-refractivity contribution < 1.29 is 28.1 Å². The van der Waals surface area contributed by atoms with Crippen LogP contribution in [0.5, 0.6) is 11.5 Å². The Labute approximate surface area is 180 Å². The van der Waals surface area contributed by atoms with Gasteiger partial charge in [0.1, 0.15) is 23.7 Å². The molecule has 1 aromatic rings. The maximum absolute atomic E-state index is 6.44. The second-order valence-electron chi connectivity index (χ2n) is 9.33. The van der Waals surface area contributed by atoms with Gasteiger partial charge in [0.25, 0.3) is 0 Å². The van der Waals surface area contributed by atoms with Gasteiger partial charge in [-0.3, -0.25) is 0 Å². The molecule has 0 spiro atoms. The van der Waals surface area contributed by atoms with Gasteiger partial charge in [0.05, 0.1) is 13.7 Å². The van der Waals surface area contributed by atoms with Gasteiger partial charge in [-0.15, -0.1) is 0 Å². The molecule has 0 amide bonds. The van der Waals surface area contributed by atoms with Crippen LogP contribution in [0.15, 0.2) is 29.3 Å². The molecule has 1 saturated heterocycles. The molecular weight excluding hydrogens is 402 g/mol. The topological polar surface area (TPSA) is 67.7 Å². The average molecular weight is 438 g/mol. The van der Waals surface area contributed by atoms with Gasteiger partial charge in [-0.05, 0) is 42.4 Å². The van der Waals surface area contributed by atoms with Crippen molar-refractivity contribution in [3.8, 4) is 11.5 Å². The van der Waals surface area contributed by atoms with E-state index in [0.29, 0.717) is 18.3 Å². The summed E-state index contributed by atoms with van der Waals surface area (Å²) >= 11 is 0. The summed E-state index contributed by atoms with van der Waals surface area (Å²) in [5, 5.41) is 0.106. The maximum Gasteiger partial charge on any atom is 0.226 e. The molecule has 168 valence electrons. The fourth-order valence-electron chi connectivity index (χ4n) is 3.41. The molecule has 0 aromatic heterocycles. The third-order valence-electron chi connectivity index (χ3n) is 6.25. The van der Waals surface area contributed by atoms with Crippen molar-refractivity contribution in [2.75, 3.05) is 20.8 Å². The molecule has 30 heavy (non-hydrogen) atoms. The first-order valence-corrected chi connectivity index (χ1v) is 13.3. The lowest BCUT2D eigenvalue weighted by Gasteiger charge is -2.43. The van der Waals surface area contributed by atoms with E-state index in [1.54, 1.807) is 14.2 Å². The Bertz CT molecular complexity index is 745. The zero-order valence-electron chi connectivity index (χ0n) is 19.3. The number of aliphatic imine (C=N–C) groups is 1. The van der Waals surface area contributed by atoms with E-state index in [9.17, 15) is 0 Å². The molecule has 1 aromatic carbocycles. The average Bonchev–Trinajstić information content (AvgIpc) is 3.07. The van der Waals surface area contributed by atoms with E-state index in [1.807, 2.05) is 31.2 Å². The van der Waals surface area contributed by atoms with Crippen molar-refractivity contribution in [2.24, 2.45) is 4.99 Å². The Morgan fingerprint density at radius 1 is 1.07 bits per heavy atom. The molecule has 5 atom stereocenters. The molecule has 7 nitrogen and oxygen atoms in total. The van der Waals surface area contributed by atoms with E-state index in [2.05, 4.69) is 38.9 Å². The molecule has 0 saturated carbocycles. The summed E-state index contributed by atoms with van der Waals surface area (Å²) in [6.45, 7) is 13.4. The Morgan fingerprint density at radius 3 is 2.27 bits per heavy atom. The minimum Gasteiger partial charge on any atom is -0.497 e. The molecule has 2 heterocycles. The van der Waals surface area contributed by atoms with Crippen LogP contribution in [0, 0.1) is 0 Å². The lowest BCUT2D eigenvalue weighted by atomic mass is 9.97. The zero-order valence-corrected chi connectivity index (χ0v) is 20.3. The molecule has 2 aliphatic heterocycles. The molecule has 0 bridgehead atoms. The Kier molecular flexibility index (Phi) is 6.81. The third kappa shape index (κ3) is 4.82. The fourth-order valence-corrected chi connectivity index (χ4v) is 4.43. The Balaban J connectivity index is 1.78. The van der Waals surface area contributed by atoms with Gasteiger partial charge in [0.15, 0.2) is 26.4 Å². The van der Waals surface area contributed by atoms with Gasteiger partial charge < -0.3 is 28.1 Å². The lowest BCUT2D eigenvalue weighted by molar-refractivity contribution is -0.234. The molecule has 0 aliphatic carbocycles. The van der Waals surface area contributed by atoms with Crippen LogP contribution in [0.1, 0.15) is 27.7 Å². The number of ether oxygens (including phenoxy) is 5. The summed E-state index contributed by atoms with van der Waals surface area (Å²) < 4.78 is 36.0. The molecule has 0 radical (unpaired) electrons. The SMILES string of the molecule is COc1ccc(O[C@H]2O[C@H](CO[Si](C)(C)C(C)(C)C)[C@@H](OC)[C@@H]3OC(C)=N[C@H]23)cc1. The number of hydrogen-bond donors (Lipinski definition) is 0. The van der Waals surface area contributed by atoms with Crippen LogP contribution in [-0.4, -0.2) is 65.7 Å². The number of methoxy groups -OCH3 is 2. The highest BCUT2D eigenvalue weighted by atomic mass is 28.4. The van der Waals surface area contributed by atoms with E-state index in [0.717, 1.165) is 5.75 Å². The standard InChI is InChI=1S/C22H35NO6Si/c1-14-23-18-20(27-14)19(25-6)17(13-26-30(7,8)22(2,3)4)29-21(18)28-16-11-9-15(24-5)10-12-16/h9-12,17-21H,13H2,1-8H3/t17-,18+,19-,20-,21+/m1/s1. The van der Waals surface area contributed by atoms with Gasteiger partial charge in [-0.1, -0.05) is 20.8 Å². The van der Waals surface area contributed by atoms with Gasteiger partial charge in [0, 0.05) is 14.0 Å². The van der Waals surface area contributed by atoms with Crippen molar-refractivity contribution in [2.45, 2.75) is 76.5 Å². The molecule has 0 unspecified atom stereocenters. The number of fused-ring (bicyclic) bond motifs is 1. The first kappa shape index (κ1) is 23.1. The van der Waals surface area contributed by atoms with E-state index in [1.165, 1.54) is 0 Å². The molecule has 3 rings (SSSR count). The Hall–Kier alpha value is -1.61. The second kappa shape index (κ2) is 8.86. The van der Waals surface area contributed by atoms with Crippen LogP contribution in [-0.2, 0) is 18.6 Å². The summed E-state index contributed by atoms with van der Waals surface area (Å²) in [4.78, 5) is 4.61. The summed E-state index contributed by atoms with van der Waals surface area (Å²) in [6.07, 6.45) is -1.49. The predicted octanol–water partition coefficient (Wildman–Crippen LogP) is 4.02. The molecule has 1 fully saturated rings. The normalized spacial score (nSPS) is 29.1. The first-order valence-electron chi connectivity index (χ1n) is 10.4. The largest absolute Gasteiger partial charge is 0.497 e. The van der Waals surface area contributed by atoms with Crippen LogP contribution in [0.4, 0.5) is 0 Å². The van der Waals surface area contributed by atoms with Crippen LogP contribution in [0.25, 0.3) is 0 Å². The minimum atomic E-state index is -1.94. The van der Waals surface area contributed by atoms with E-state index in [4.69, 9.17) is 28.1 Å². The van der Waals surface area contributed by atoms with Crippen molar-refractivity contribution >= 4 is 14.2 Å². The predicted molar refractivity (Wildman–Crippen MR) is 118 cm³/mol. The summed E-state index contributed by atoms with van der Waals surface area (Å²) in [5.41, 5.74) is 0. The van der Waals surface area contributed by atoms with E-state index in [-0.39, 0.29) is 29.4 Å². The second-order valence-corrected chi connectivity index (χ2v) is 14.1. The van der Waals surface area contributed by atoms with Gasteiger partial charge in [-0.2, -0.15) is 0 Å². The summed E-state index contributed by atoms with van der Waals surface area (Å²) in [6, 6.07) is 7.11. The summed E-state index contributed by atoms with van der Waals surface area (Å²) in [5.74, 6) is 2.06.